The third-order valence-electron chi connectivity index (χ3n) is 5.78. The van der Waals surface area contributed by atoms with E-state index in [2.05, 4.69) is 5.32 Å². The molecule has 0 aromatic heterocycles. The third-order valence-corrected chi connectivity index (χ3v) is 6.95. The average Bonchev–Trinajstić information content (AvgIpc) is 2.87. The molecule has 5 nitrogen and oxygen atoms in total. The van der Waals surface area contributed by atoms with Gasteiger partial charge in [-0.3, -0.25) is 9.59 Å². The van der Waals surface area contributed by atoms with E-state index in [9.17, 15) is 9.59 Å². The number of carbonyl (C=O) groups excluding carboxylic acids is 2. The van der Waals surface area contributed by atoms with Crippen LogP contribution < -0.4 is 10.1 Å². The molecular formula is C29H31Cl3N2O3. The van der Waals surface area contributed by atoms with Crippen LogP contribution in [0.1, 0.15) is 30.5 Å². The maximum Gasteiger partial charge on any atom is 0.261 e. The van der Waals surface area contributed by atoms with Gasteiger partial charge in [0.25, 0.3) is 5.91 Å². The fraction of sp³-hybridized carbons (Fsp3) is 0.310. The van der Waals surface area contributed by atoms with Gasteiger partial charge in [-0.25, -0.2) is 0 Å². The highest BCUT2D eigenvalue weighted by molar-refractivity contribution is 6.42. The Morgan fingerprint density at radius 2 is 1.59 bits per heavy atom. The molecule has 0 radical (unpaired) electrons. The van der Waals surface area contributed by atoms with E-state index in [1.807, 2.05) is 51.1 Å². The highest BCUT2D eigenvalue weighted by atomic mass is 35.5. The fourth-order valence-corrected chi connectivity index (χ4v) is 4.18. The van der Waals surface area contributed by atoms with E-state index in [0.29, 0.717) is 33.8 Å². The Kier molecular flexibility index (Phi) is 10.7. The summed E-state index contributed by atoms with van der Waals surface area (Å²) >= 11 is 18.5. The number of nitrogens with one attached hydrogen (secondary N) is 1. The average molecular weight is 562 g/mol. The van der Waals surface area contributed by atoms with E-state index in [4.69, 9.17) is 39.5 Å². The Labute approximate surface area is 233 Å². The molecule has 0 bridgehead atoms. The topological polar surface area (TPSA) is 58.6 Å². The van der Waals surface area contributed by atoms with Gasteiger partial charge < -0.3 is 15.0 Å². The minimum Gasteiger partial charge on any atom is -0.484 e. The molecule has 0 fully saturated rings. The standard InChI is InChI=1S/C29H31Cl3N2O3/c1-19(2)16-33-29(36)27(15-21-7-5-4-6-8-21)34(17-22-9-11-25(31)26(32)14-22)28(35)18-37-23-10-12-24(30)20(3)13-23/h4-14,19,27H,15-18H2,1-3H3,(H,33,36)/t27-/m0/s1. The zero-order chi connectivity index (χ0) is 26.9. The van der Waals surface area contributed by atoms with E-state index in [-0.39, 0.29) is 30.9 Å². The Hall–Kier alpha value is -2.73. The van der Waals surface area contributed by atoms with Crippen LogP contribution in [-0.4, -0.2) is 35.9 Å². The summed E-state index contributed by atoms with van der Waals surface area (Å²) in [6.45, 7) is 6.32. The fourth-order valence-electron chi connectivity index (χ4n) is 3.75. The molecule has 196 valence electrons. The smallest absolute Gasteiger partial charge is 0.261 e. The minimum atomic E-state index is -0.765. The summed E-state index contributed by atoms with van der Waals surface area (Å²) < 4.78 is 5.81. The number of aryl methyl sites for hydroxylation is 1. The van der Waals surface area contributed by atoms with Crippen LogP contribution in [0.2, 0.25) is 15.1 Å². The van der Waals surface area contributed by atoms with E-state index < -0.39 is 6.04 Å². The van der Waals surface area contributed by atoms with Crippen molar-refractivity contribution in [1.29, 1.82) is 0 Å². The molecule has 8 heteroatoms. The Morgan fingerprint density at radius 1 is 0.892 bits per heavy atom. The molecule has 3 rings (SSSR count). The van der Waals surface area contributed by atoms with Gasteiger partial charge in [-0.15, -0.1) is 0 Å². The van der Waals surface area contributed by atoms with Crippen molar-refractivity contribution in [3.63, 3.8) is 0 Å². The highest BCUT2D eigenvalue weighted by Gasteiger charge is 2.31. The zero-order valence-electron chi connectivity index (χ0n) is 21.1. The number of carbonyl (C=O) groups is 2. The largest absolute Gasteiger partial charge is 0.484 e. The lowest BCUT2D eigenvalue weighted by atomic mass is 10.0. The lowest BCUT2D eigenvalue weighted by Crippen LogP contribution is -2.52. The Morgan fingerprint density at radius 3 is 2.24 bits per heavy atom. The van der Waals surface area contributed by atoms with Crippen LogP contribution in [0.4, 0.5) is 0 Å². The molecule has 0 aliphatic carbocycles. The maximum absolute atomic E-state index is 13.6. The molecule has 0 saturated carbocycles. The normalized spacial score (nSPS) is 11.8. The predicted molar refractivity (Wildman–Crippen MR) is 150 cm³/mol. The summed E-state index contributed by atoms with van der Waals surface area (Å²) in [5, 5.41) is 4.41. The molecule has 0 unspecified atom stereocenters. The SMILES string of the molecule is Cc1cc(OCC(=O)N(Cc2ccc(Cl)c(Cl)c2)[C@@H](Cc2ccccc2)C(=O)NCC(C)C)ccc1Cl. The molecule has 1 N–H and O–H groups in total. The summed E-state index contributed by atoms with van der Waals surface area (Å²) in [5.74, 6) is 0.221. The number of ether oxygens (including phenoxy) is 1. The number of amides is 2. The molecule has 3 aromatic carbocycles. The van der Waals surface area contributed by atoms with Gasteiger partial charge in [-0.05, 0) is 59.9 Å². The second-order valence-corrected chi connectivity index (χ2v) is 10.5. The number of hydrogen-bond donors (Lipinski definition) is 1. The summed E-state index contributed by atoms with van der Waals surface area (Å²) in [7, 11) is 0. The zero-order valence-corrected chi connectivity index (χ0v) is 23.4. The second-order valence-electron chi connectivity index (χ2n) is 9.31. The number of halogens is 3. The highest BCUT2D eigenvalue weighted by Crippen LogP contribution is 2.25. The first-order valence-corrected chi connectivity index (χ1v) is 13.2. The van der Waals surface area contributed by atoms with Crippen molar-refractivity contribution in [3.05, 3.63) is 98.5 Å². The van der Waals surface area contributed by atoms with Gasteiger partial charge in [0, 0.05) is 24.5 Å². The van der Waals surface area contributed by atoms with Gasteiger partial charge in [-0.1, -0.05) is 85.0 Å². The molecule has 2 amide bonds. The van der Waals surface area contributed by atoms with Gasteiger partial charge >= 0.3 is 0 Å². The maximum atomic E-state index is 13.6. The number of benzene rings is 3. The molecule has 0 aliphatic rings. The quantitative estimate of drug-likeness (QED) is 0.282. The molecular weight excluding hydrogens is 531 g/mol. The lowest BCUT2D eigenvalue weighted by Gasteiger charge is -2.32. The van der Waals surface area contributed by atoms with Gasteiger partial charge in [0.2, 0.25) is 5.91 Å². The lowest BCUT2D eigenvalue weighted by molar-refractivity contribution is -0.142. The molecule has 0 spiro atoms. The van der Waals surface area contributed by atoms with Crippen molar-refractivity contribution in [2.45, 2.75) is 39.8 Å². The first-order valence-electron chi connectivity index (χ1n) is 12.1. The first kappa shape index (κ1) is 28.8. The number of nitrogens with zero attached hydrogens (tertiary/aromatic N) is 1. The molecule has 0 heterocycles. The van der Waals surface area contributed by atoms with Crippen molar-refractivity contribution < 1.29 is 14.3 Å². The van der Waals surface area contributed by atoms with E-state index in [1.54, 1.807) is 41.3 Å². The summed E-state index contributed by atoms with van der Waals surface area (Å²) in [5.41, 5.74) is 2.53. The van der Waals surface area contributed by atoms with Crippen molar-refractivity contribution in [2.24, 2.45) is 5.92 Å². The van der Waals surface area contributed by atoms with E-state index in [1.165, 1.54) is 0 Å². The van der Waals surface area contributed by atoms with Crippen LogP contribution >= 0.6 is 34.8 Å². The van der Waals surface area contributed by atoms with Crippen LogP contribution in [0.3, 0.4) is 0 Å². The second kappa shape index (κ2) is 13.7. The van der Waals surface area contributed by atoms with Crippen molar-refractivity contribution in [3.8, 4) is 5.75 Å². The van der Waals surface area contributed by atoms with Crippen molar-refractivity contribution in [2.75, 3.05) is 13.2 Å². The number of hydrogen-bond acceptors (Lipinski definition) is 3. The molecule has 0 aliphatic heterocycles. The van der Waals surface area contributed by atoms with E-state index >= 15 is 0 Å². The van der Waals surface area contributed by atoms with Gasteiger partial charge in [-0.2, -0.15) is 0 Å². The predicted octanol–water partition coefficient (Wildman–Crippen LogP) is 6.75. The third kappa shape index (κ3) is 8.67. The van der Waals surface area contributed by atoms with Gasteiger partial charge in [0.05, 0.1) is 10.0 Å². The molecule has 1 atom stereocenters. The monoisotopic (exact) mass is 560 g/mol. The van der Waals surface area contributed by atoms with Gasteiger partial charge in [0.1, 0.15) is 11.8 Å². The van der Waals surface area contributed by atoms with Gasteiger partial charge in [0.15, 0.2) is 6.61 Å². The van der Waals surface area contributed by atoms with Crippen LogP contribution in [0.5, 0.6) is 5.75 Å². The van der Waals surface area contributed by atoms with Crippen LogP contribution in [0.15, 0.2) is 66.7 Å². The Bertz CT molecular complexity index is 1220. The molecule has 0 saturated heterocycles. The summed E-state index contributed by atoms with van der Waals surface area (Å²) in [4.78, 5) is 28.6. The molecule has 37 heavy (non-hydrogen) atoms. The van der Waals surface area contributed by atoms with Crippen molar-refractivity contribution in [1.82, 2.24) is 10.2 Å². The summed E-state index contributed by atoms with van der Waals surface area (Å²) in [6.07, 6.45) is 0.345. The van der Waals surface area contributed by atoms with Crippen molar-refractivity contribution >= 4 is 46.6 Å². The minimum absolute atomic E-state index is 0.158. The van der Waals surface area contributed by atoms with Crippen LogP contribution in [-0.2, 0) is 22.6 Å². The summed E-state index contributed by atoms with van der Waals surface area (Å²) in [6, 6.07) is 19.2. The van der Waals surface area contributed by atoms with Crippen LogP contribution in [0.25, 0.3) is 0 Å². The van der Waals surface area contributed by atoms with Crippen LogP contribution in [0, 0.1) is 12.8 Å². The first-order chi connectivity index (χ1) is 17.6. The Balaban J connectivity index is 1.92. The number of rotatable bonds is 11. The van der Waals surface area contributed by atoms with E-state index in [0.717, 1.165) is 16.7 Å². The molecule has 3 aromatic rings.